The van der Waals surface area contributed by atoms with Gasteiger partial charge in [-0.2, -0.15) is 0 Å². The molecule has 2 rings (SSSR count). The lowest BCUT2D eigenvalue weighted by molar-refractivity contribution is -0.142. The Bertz CT molecular complexity index is 465. The van der Waals surface area contributed by atoms with E-state index in [1.807, 2.05) is 6.92 Å². The average molecular weight is 292 g/mol. The lowest BCUT2D eigenvalue weighted by Crippen LogP contribution is -2.47. The molecule has 5 nitrogen and oxygen atoms in total. The van der Waals surface area contributed by atoms with Crippen molar-refractivity contribution in [1.29, 1.82) is 0 Å². The molecule has 0 aliphatic heterocycles. The second-order valence-electron chi connectivity index (χ2n) is 5.65. The standard InChI is InChI=1S/C16H24N2O3/c1-4-21-14-6-5-13(11-17-14)18-15(19)16(20-3)9-7-12(2)8-10-16/h5-6,11-12H,4,7-10H2,1-3H3,(H,18,19). The second-order valence-corrected chi connectivity index (χ2v) is 5.65. The molecule has 116 valence electrons. The SMILES string of the molecule is CCOc1ccc(NC(=O)C2(OC)CCC(C)CC2)cn1. The molecule has 0 radical (unpaired) electrons. The number of methoxy groups -OCH3 is 1. The first kappa shape index (κ1) is 15.8. The van der Waals surface area contributed by atoms with Crippen LogP contribution in [0, 0.1) is 5.92 Å². The highest BCUT2D eigenvalue weighted by Crippen LogP contribution is 2.35. The Labute approximate surface area is 126 Å². The van der Waals surface area contributed by atoms with E-state index in [4.69, 9.17) is 9.47 Å². The van der Waals surface area contributed by atoms with Crippen LogP contribution in [0.25, 0.3) is 0 Å². The molecule has 5 heteroatoms. The highest BCUT2D eigenvalue weighted by atomic mass is 16.5. The zero-order chi connectivity index (χ0) is 15.3. The van der Waals surface area contributed by atoms with Gasteiger partial charge in [0, 0.05) is 13.2 Å². The van der Waals surface area contributed by atoms with Crippen LogP contribution in [0.15, 0.2) is 18.3 Å². The summed E-state index contributed by atoms with van der Waals surface area (Å²) < 4.78 is 10.9. The number of hydrogen-bond acceptors (Lipinski definition) is 4. The molecular weight excluding hydrogens is 268 g/mol. The maximum atomic E-state index is 12.5. The highest BCUT2D eigenvalue weighted by molar-refractivity contribution is 5.97. The topological polar surface area (TPSA) is 60.5 Å². The lowest BCUT2D eigenvalue weighted by Gasteiger charge is -2.36. The van der Waals surface area contributed by atoms with Gasteiger partial charge in [0.2, 0.25) is 5.88 Å². The maximum Gasteiger partial charge on any atom is 0.256 e. The van der Waals surface area contributed by atoms with Crippen LogP contribution >= 0.6 is 0 Å². The fraction of sp³-hybridized carbons (Fsp3) is 0.625. The molecule has 0 aromatic carbocycles. The van der Waals surface area contributed by atoms with Crippen LogP contribution in [0.3, 0.4) is 0 Å². The van der Waals surface area contributed by atoms with Gasteiger partial charge >= 0.3 is 0 Å². The molecule has 1 amide bonds. The van der Waals surface area contributed by atoms with Gasteiger partial charge in [-0.15, -0.1) is 0 Å². The lowest BCUT2D eigenvalue weighted by atomic mass is 9.79. The molecule has 0 unspecified atom stereocenters. The fourth-order valence-corrected chi connectivity index (χ4v) is 2.68. The molecule has 1 N–H and O–H groups in total. The normalized spacial score (nSPS) is 25.4. The highest BCUT2D eigenvalue weighted by Gasteiger charge is 2.41. The molecular formula is C16H24N2O3. The van der Waals surface area contributed by atoms with Gasteiger partial charge in [0.05, 0.1) is 18.5 Å². The number of anilines is 1. The van der Waals surface area contributed by atoms with Crippen molar-refractivity contribution in [2.45, 2.75) is 45.1 Å². The number of aromatic nitrogens is 1. The van der Waals surface area contributed by atoms with E-state index in [1.165, 1.54) is 0 Å². The molecule has 21 heavy (non-hydrogen) atoms. The van der Waals surface area contributed by atoms with E-state index in [2.05, 4.69) is 17.2 Å². The van der Waals surface area contributed by atoms with E-state index in [0.29, 0.717) is 24.1 Å². The van der Waals surface area contributed by atoms with Gasteiger partial charge in [-0.05, 0) is 44.6 Å². The Balaban J connectivity index is 2.02. The van der Waals surface area contributed by atoms with Crippen molar-refractivity contribution in [3.8, 4) is 5.88 Å². The summed E-state index contributed by atoms with van der Waals surface area (Å²) in [5.74, 6) is 1.14. The summed E-state index contributed by atoms with van der Waals surface area (Å²) in [5, 5.41) is 2.91. The van der Waals surface area contributed by atoms with Gasteiger partial charge in [0.25, 0.3) is 5.91 Å². The zero-order valence-corrected chi connectivity index (χ0v) is 13.0. The van der Waals surface area contributed by atoms with Crippen molar-refractivity contribution in [3.05, 3.63) is 18.3 Å². The summed E-state index contributed by atoms with van der Waals surface area (Å²) in [7, 11) is 1.62. The summed E-state index contributed by atoms with van der Waals surface area (Å²) in [5.41, 5.74) is -0.0380. The van der Waals surface area contributed by atoms with E-state index >= 15 is 0 Å². The van der Waals surface area contributed by atoms with Gasteiger partial charge in [-0.25, -0.2) is 4.98 Å². The van der Waals surface area contributed by atoms with Crippen LogP contribution in [-0.4, -0.2) is 30.2 Å². The third-order valence-electron chi connectivity index (χ3n) is 4.17. The predicted molar refractivity (Wildman–Crippen MR) is 81.4 cm³/mol. The average Bonchev–Trinajstić information content (AvgIpc) is 2.50. The number of hydrogen-bond donors (Lipinski definition) is 1. The summed E-state index contributed by atoms with van der Waals surface area (Å²) in [6, 6.07) is 3.55. The second kappa shape index (κ2) is 6.89. The van der Waals surface area contributed by atoms with Crippen LogP contribution in [0.1, 0.15) is 39.5 Å². The van der Waals surface area contributed by atoms with E-state index in [1.54, 1.807) is 25.4 Å². The summed E-state index contributed by atoms with van der Waals surface area (Å²) in [6.07, 6.45) is 5.17. The van der Waals surface area contributed by atoms with Gasteiger partial charge in [-0.3, -0.25) is 4.79 Å². The Morgan fingerprint density at radius 1 is 1.43 bits per heavy atom. The molecule has 1 aliphatic carbocycles. The summed E-state index contributed by atoms with van der Waals surface area (Å²) in [6.45, 7) is 4.70. The van der Waals surface area contributed by atoms with E-state index in [-0.39, 0.29) is 5.91 Å². The first-order valence-corrected chi connectivity index (χ1v) is 7.55. The Morgan fingerprint density at radius 3 is 2.67 bits per heavy atom. The van der Waals surface area contributed by atoms with Crippen LogP contribution in [0.4, 0.5) is 5.69 Å². The number of carbonyl (C=O) groups is 1. The quantitative estimate of drug-likeness (QED) is 0.906. The molecule has 0 spiro atoms. The van der Waals surface area contributed by atoms with E-state index < -0.39 is 5.60 Å². The Hall–Kier alpha value is -1.62. The zero-order valence-electron chi connectivity index (χ0n) is 13.0. The molecule has 1 aromatic heterocycles. The molecule has 1 heterocycles. The molecule has 1 fully saturated rings. The van der Waals surface area contributed by atoms with E-state index in [0.717, 1.165) is 25.7 Å². The third-order valence-corrected chi connectivity index (χ3v) is 4.17. The largest absolute Gasteiger partial charge is 0.478 e. The van der Waals surface area contributed by atoms with E-state index in [9.17, 15) is 4.79 Å². The Kier molecular flexibility index (Phi) is 5.17. The third kappa shape index (κ3) is 3.73. The first-order chi connectivity index (χ1) is 10.1. The van der Waals surface area contributed by atoms with Crippen LogP contribution < -0.4 is 10.1 Å². The van der Waals surface area contributed by atoms with Crippen molar-refractivity contribution < 1.29 is 14.3 Å². The van der Waals surface area contributed by atoms with Gasteiger partial charge in [0.1, 0.15) is 5.60 Å². The number of nitrogens with one attached hydrogen (secondary N) is 1. The first-order valence-electron chi connectivity index (χ1n) is 7.55. The number of rotatable bonds is 5. The number of ether oxygens (including phenoxy) is 2. The van der Waals surface area contributed by atoms with Crippen LogP contribution in [0.5, 0.6) is 5.88 Å². The van der Waals surface area contributed by atoms with Crippen molar-refractivity contribution in [1.82, 2.24) is 4.98 Å². The van der Waals surface area contributed by atoms with Crippen molar-refractivity contribution in [2.75, 3.05) is 19.0 Å². The number of carbonyl (C=O) groups excluding carboxylic acids is 1. The van der Waals surface area contributed by atoms with Crippen LogP contribution in [-0.2, 0) is 9.53 Å². The monoisotopic (exact) mass is 292 g/mol. The number of amides is 1. The van der Waals surface area contributed by atoms with Crippen molar-refractivity contribution in [3.63, 3.8) is 0 Å². The van der Waals surface area contributed by atoms with Gasteiger partial charge < -0.3 is 14.8 Å². The number of nitrogens with zero attached hydrogens (tertiary/aromatic N) is 1. The summed E-state index contributed by atoms with van der Waals surface area (Å²) in [4.78, 5) is 16.7. The summed E-state index contributed by atoms with van der Waals surface area (Å²) >= 11 is 0. The number of pyridine rings is 1. The van der Waals surface area contributed by atoms with Crippen molar-refractivity contribution in [2.24, 2.45) is 5.92 Å². The minimum Gasteiger partial charge on any atom is -0.478 e. The van der Waals surface area contributed by atoms with Crippen molar-refractivity contribution >= 4 is 11.6 Å². The molecule has 1 saturated carbocycles. The smallest absolute Gasteiger partial charge is 0.256 e. The maximum absolute atomic E-state index is 12.5. The molecule has 0 atom stereocenters. The van der Waals surface area contributed by atoms with Gasteiger partial charge in [-0.1, -0.05) is 6.92 Å². The predicted octanol–water partition coefficient (Wildman–Crippen LogP) is 3.01. The molecule has 1 aromatic rings. The molecule has 1 aliphatic rings. The van der Waals surface area contributed by atoms with Gasteiger partial charge in [0.15, 0.2) is 0 Å². The fourth-order valence-electron chi connectivity index (χ4n) is 2.68. The van der Waals surface area contributed by atoms with Crippen LogP contribution in [0.2, 0.25) is 0 Å². The minimum atomic E-state index is -0.703. The molecule has 0 bridgehead atoms. The Morgan fingerprint density at radius 2 is 2.14 bits per heavy atom. The minimum absolute atomic E-state index is 0.0807. The molecule has 0 saturated heterocycles.